The monoisotopic (exact) mass is 373 g/mol. The molecule has 0 bridgehead atoms. The van der Waals surface area contributed by atoms with Gasteiger partial charge >= 0.3 is 0 Å². The zero-order chi connectivity index (χ0) is 19.8. The third kappa shape index (κ3) is 5.91. The van der Waals surface area contributed by atoms with Crippen LogP contribution in [0.25, 0.3) is 0 Å². The molecule has 0 saturated heterocycles. The lowest BCUT2D eigenvalue weighted by Crippen LogP contribution is -2.06. The molecular formula is C21H23N7. The van der Waals surface area contributed by atoms with E-state index in [1.54, 1.807) is 12.3 Å². The SMILES string of the molecule is Cc1ccc(C=NCNc2cc(N/N=C/c3ccc(C)cc3)nc(N)n2)cc1. The van der Waals surface area contributed by atoms with Gasteiger partial charge in [-0.3, -0.25) is 10.4 Å². The Morgan fingerprint density at radius 3 is 2.07 bits per heavy atom. The van der Waals surface area contributed by atoms with Crippen LogP contribution in [-0.4, -0.2) is 29.1 Å². The van der Waals surface area contributed by atoms with Gasteiger partial charge in [0.1, 0.15) is 12.5 Å². The molecular weight excluding hydrogens is 350 g/mol. The molecule has 7 nitrogen and oxygen atoms in total. The average molecular weight is 373 g/mol. The first-order valence-corrected chi connectivity index (χ1v) is 8.89. The molecule has 0 aliphatic carbocycles. The Balaban J connectivity index is 1.56. The van der Waals surface area contributed by atoms with Crippen molar-refractivity contribution >= 4 is 30.0 Å². The van der Waals surface area contributed by atoms with Crippen molar-refractivity contribution in [2.45, 2.75) is 13.8 Å². The van der Waals surface area contributed by atoms with Crippen LogP contribution in [0, 0.1) is 13.8 Å². The fraction of sp³-hybridized carbons (Fsp3) is 0.143. The molecule has 28 heavy (non-hydrogen) atoms. The maximum Gasteiger partial charge on any atom is 0.223 e. The summed E-state index contributed by atoms with van der Waals surface area (Å²) in [5, 5.41) is 7.29. The summed E-state index contributed by atoms with van der Waals surface area (Å²) in [5.41, 5.74) is 13.1. The van der Waals surface area contributed by atoms with Crippen LogP contribution in [0.1, 0.15) is 22.3 Å². The highest BCUT2D eigenvalue weighted by Crippen LogP contribution is 2.12. The van der Waals surface area contributed by atoms with E-state index in [2.05, 4.69) is 49.9 Å². The van der Waals surface area contributed by atoms with Gasteiger partial charge in [-0.1, -0.05) is 59.7 Å². The highest BCUT2D eigenvalue weighted by molar-refractivity contribution is 5.80. The van der Waals surface area contributed by atoms with Crippen LogP contribution in [0.15, 0.2) is 64.7 Å². The van der Waals surface area contributed by atoms with Gasteiger partial charge in [-0.25, -0.2) is 0 Å². The standard InChI is InChI=1S/C21H23N7/c1-15-3-7-17(8-4-15)12-23-14-24-19-11-20(27-21(22)26-19)28-25-13-18-9-5-16(2)6-10-18/h3-13H,14H2,1-2H3,(H4,22,24,26,27,28)/b23-12?,25-13+. The van der Waals surface area contributed by atoms with Gasteiger partial charge in [0, 0.05) is 12.3 Å². The Labute approximate surface area is 164 Å². The van der Waals surface area contributed by atoms with Crippen molar-refractivity contribution in [2.24, 2.45) is 10.1 Å². The maximum absolute atomic E-state index is 5.78. The molecule has 1 heterocycles. The van der Waals surface area contributed by atoms with E-state index in [-0.39, 0.29) is 5.95 Å². The number of nitrogens with one attached hydrogen (secondary N) is 2. The highest BCUT2D eigenvalue weighted by atomic mass is 15.3. The Morgan fingerprint density at radius 2 is 1.43 bits per heavy atom. The molecule has 142 valence electrons. The smallest absolute Gasteiger partial charge is 0.223 e. The summed E-state index contributed by atoms with van der Waals surface area (Å²) in [4.78, 5) is 12.6. The summed E-state index contributed by atoms with van der Waals surface area (Å²) in [7, 11) is 0. The number of aryl methyl sites for hydroxylation is 2. The quantitative estimate of drug-likeness (QED) is 0.434. The van der Waals surface area contributed by atoms with Crippen LogP contribution in [-0.2, 0) is 0 Å². The van der Waals surface area contributed by atoms with Gasteiger partial charge in [-0.2, -0.15) is 15.1 Å². The lowest BCUT2D eigenvalue weighted by atomic mass is 10.2. The van der Waals surface area contributed by atoms with Crippen molar-refractivity contribution in [3.63, 3.8) is 0 Å². The molecule has 1 aromatic heterocycles. The van der Waals surface area contributed by atoms with E-state index < -0.39 is 0 Å². The molecule has 3 rings (SSSR count). The molecule has 0 radical (unpaired) electrons. The van der Waals surface area contributed by atoms with E-state index in [9.17, 15) is 0 Å². The number of benzene rings is 2. The van der Waals surface area contributed by atoms with Gasteiger partial charge in [0.2, 0.25) is 5.95 Å². The van der Waals surface area contributed by atoms with Gasteiger partial charge in [-0.05, 0) is 25.0 Å². The fourth-order valence-electron chi connectivity index (χ4n) is 2.37. The number of anilines is 3. The molecule has 0 saturated carbocycles. The van der Waals surface area contributed by atoms with Gasteiger partial charge in [0.05, 0.1) is 6.21 Å². The number of hydrazone groups is 1. The summed E-state index contributed by atoms with van der Waals surface area (Å²) < 4.78 is 0. The van der Waals surface area contributed by atoms with Crippen molar-refractivity contribution in [1.29, 1.82) is 0 Å². The minimum absolute atomic E-state index is 0.153. The number of aliphatic imine (C=N–C) groups is 1. The summed E-state index contributed by atoms with van der Waals surface area (Å²) in [6.45, 7) is 4.47. The molecule has 0 atom stereocenters. The van der Waals surface area contributed by atoms with Crippen LogP contribution < -0.4 is 16.5 Å². The predicted molar refractivity (Wildman–Crippen MR) is 116 cm³/mol. The van der Waals surface area contributed by atoms with E-state index in [1.165, 1.54) is 11.1 Å². The van der Waals surface area contributed by atoms with Crippen LogP contribution in [0.3, 0.4) is 0 Å². The van der Waals surface area contributed by atoms with Crippen molar-refractivity contribution in [3.8, 4) is 0 Å². The molecule has 0 aliphatic heterocycles. The number of nitrogens with zero attached hydrogens (tertiary/aromatic N) is 4. The minimum atomic E-state index is 0.153. The van der Waals surface area contributed by atoms with Crippen molar-refractivity contribution < 1.29 is 0 Å². The average Bonchev–Trinajstić information content (AvgIpc) is 2.68. The van der Waals surface area contributed by atoms with Crippen LogP contribution >= 0.6 is 0 Å². The first-order valence-electron chi connectivity index (χ1n) is 8.89. The molecule has 0 unspecified atom stereocenters. The van der Waals surface area contributed by atoms with E-state index >= 15 is 0 Å². The molecule has 3 aromatic rings. The van der Waals surface area contributed by atoms with Gasteiger partial charge in [0.25, 0.3) is 0 Å². The Hall–Kier alpha value is -3.74. The van der Waals surface area contributed by atoms with Crippen LogP contribution in [0.2, 0.25) is 0 Å². The predicted octanol–water partition coefficient (Wildman–Crippen LogP) is 3.61. The van der Waals surface area contributed by atoms with E-state index in [4.69, 9.17) is 5.73 Å². The van der Waals surface area contributed by atoms with Gasteiger partial charge in [0.15, 0.2) is 5.82 Å². The van der Waals surface area contributed by atoms with Crippen LogP contribution in [0.4, 0.5) is 17.6 Å². The number of nitrogens with two attached hydrogens (primary N) is 1. The van der Waals surface area contributed by atoms with Gasteiger partial charge < -0.3 is 11.1 Å². The first-order chi connectivity index (χ1) is 13.6. The molecule has 0 fully saturated rings. The Bertz CT molecular complexity index is 961. The maximum atomic E-state index is 5.78. The highest BCUT2D eigenvalue weighted by Gasteiger charge is 2.01. The topological polar surface area (TPSA) is 101 Å². The minimum Gasteiger partial charge on any atom is -0.368 e. The molecule has 2 aromatic carbocycles. The third-order valence-corrected chi connectivity index (χ3v) is 3.88. The normalized spacial score (nSPS) is 11.2. The largest absolute Gasteiger partial charge is 0.368 e. The molecule has 0 aliphatic rings. The number of aromatic nitrogens is 2. The molecule has 4 N–H and O–H groups in total. The molecule has 7 heteroatoms. The third-order valence-electron chi connectivity index (χ3n) is 3.88. The fourth-order valence-corrected chi connectivity index (χ4v) is 2.37. The summed E-state index contributed by atoms with van der Waals surface area (Å²) in [5.74, 6) is 1.23. The number of rotatable bonds is 7. The first kappa shape index (κ1) is 19.0. The molecule has 0 spiro atoms. The van der Waals surface area contributed by atoms with Crippen molar-refractivity contribution in [3.05, 3.63) is 76.9 Å². The number of nitrogen functional groups attached to an aromatic ring is 1. The molecule has 0 amide bonds. The number of hydrogen-bond donors (Lipinski definition) is 3. The summed E-state index contributed by atoms with van der Waals surface area (Å²) >= 11 is 0. The Kier molecular flexibility index (Phi) is 6.30. The lowest BCUT2D eigenvalue weighted by molar-refractivity contribution is 1.09. The van der Waals surface area contributed by atoms with Crippen molar-refractivity contribution in [1.82, 2.24) is 9.97 Å². The van der Waals surface area contributed by atoms with Crippen LogP contribution in [0.5, 0.6) is 0 Å². The summed E-state index contributed by atoms with van der Waals surface area (Å²) in [6, 6.07) is 17.9. The number of hydrogen-bond acceptors (Lipinski definition) is 7. The second-order valence-corrected chi connectivity index (χ2v) is 6.33. The summed E-state index contributed by atoms with van der Waals surface area (Å²) in [6.07, 6.45) is 3.53. The van der Waals surface area contributed by atoms with Gasteiger partial charge in [-0.15, -0.1) is 0 Å². The second-order valence-electron chi connectivity index (χ2n) is 6.33. The van der Waals surface area contributed by atoms with E-state index in [1.807, 2.05) is 49.5 Å². The zero-order valence-corrected chi connectivity index (χ0v) is 15.9. The zero-order valence-electron chi connectivity index (χ0n) is 15.9. The van der Waals surface area contributed by atoms with E-state index in [0.717, 1.165) is 11.1 Å². The lowest BCUT2D eigenvalue weighted by Gasteiger charge is -2.06. The Morgan fingerprint density at radius 1 is 0.857 bits per heavy atom. The second kappa shape index (κ2) is 9.27. The van der Waals surface area contributed by atoms with Crippen molar-refractivity contribution in [2.75, 3.05) is 23.1 Å². The van der Waals surface area contributed by atoms with E-state index in [0.29, 0.717) is 18.3 Å².